The van der Waals surface area contributed by atoms with Crippen molar-refractivity contribution in [1.29, 1.82) is 5.53 Å². The van der Waals surface area contributed by atoms with Gasteiger partial charge in [0, 0.05) is 12.1 Å². The first kappa shape index (κ1) is 24.3. The smallest absolute Gasteiger partial charge is 0.407 e. The Bertz CT molecular complexity index is 772. The zero-order valence-corrected chi connectivity index (χ0v) is 17.6. The lowest BCUT2D eigenvalue weighted by Gasteiger charge is -2.20. The van der Waals surface area contributed by atoms with Gasteiger partial charge in [-0.3, -0.25) is 9.59 Å². The molecule has 0 bridgehead atoms. The van der Waals surface area contributed by atoms with Gasteiger partial charge in [0.15, 0.2) is 16.6 Å². The van der Waals surface area contributed by atoms with Crippen LogP contribution in [0, 0.1) is 5.53 Å². The number of ether oxygens (including phenoxy) is 1. The van der Waals surface area contributed by atoms with Gasteiger partial charge in [-0.05, 0) is 58.2 Å². The highest BCUT2D eigenvalue weighted by Gasteiger charge is 2.21. The van der Waals surface area contributed by atoms with Crippen LogP contribution in [-0.4, -0.2) is 41.9 Å². The molecule has 1 rings (SSSR count). The lowest BCUT2D eigenvalue weighted by atomic mass is 10.0. The molecule has 1 aromatic carbocycles. The van der Waals surface area contributed by atoms with E-state index >= 15 is 0 Å². The van der Waals surface area contributed by atoms with Crippen LogP contribution in [0.5, 0.6) is 0 Å². The predicted octanol–water partition coefficient (Wildman–Crippen LogP) is 3.47. The third kappa shape index (κ3) is 9.82. The number of unbranched alkanes of at least 4 members (excludes halogenated alkanes) is 1. The molecule has 0 aromatic heterocycles. The van der Waals surface area contributed by atoms with E-state index in [9.17, 15) is 14.4 Å². The van der Waals surface area contributed by atoms with Crippen LogP contribution in [0.1, 0.15) is 50.4 Å². The number of Topliss-reactive ketones (excluding diaryl/α,β-unsaturated/α-hetero) is 1. The number of amides is 2. The Kier molecular flexibility index (Phi) is 9.99. The summed E-state index contributed by atoms with van der Waals surface area (Å²) in [7, 11) is 0. The van der Waals surface area contributed by atoms with E-state index in [2.05, 4.69) is 20.7 Å². The third-order valence-electron chi connectivity index (χ3n) is 3.69. The van der Waals surface area contributed by atoms with Crippen molar-refractivity contribution in [1.82, 2.24) is 15.5 Å². The van der Waals surface area contributed by atoms with Crippen molar-refractivity contribution in [3.05, 3.63) is 29.8 Å². The van der Waals surface area contributed by atoms with Crippen LogP contribution in [0.4, 0.5) is 10.5 Å². The first-order valence-electron chi connectivity index (χ1n) is 9.20. The van der Waals surface area contributed by atoms with Gasteiger partial charge in [0.2, 0.25) is 4.91 Å². The minimum absolute atomic E-state index is 0.214. The fourth-order valence-electron chi connectivity index (χ4n) is 2.39. The van der Waals surface area contributed by atoms with Gasteiger partial charge < -0.3 is 15.4 Å². The van der Waals surface area contributed by atoms with E-state index in [0.717, 1.165) is 0 Å². The topological polar surface area (TPSA) is 135 Å². The maximum atomic E-state index is 12.4. The van der Waals surface area contributed by atoms with Crippen LogP contribution in [0.3, 0.4) is 0 Å². The molecule has 1 aromatic rings. The van der Waals surface area contributed by atoms with Crippen molar-refractivity contribution in [2.24, 2.45) is 5.11 Å². The lowest BCUT2D eigenvalue weighted by Crippen LogP contribution is -2.41. The molecule has 0 radical (unpaired) electrons. The molecule has 0 unspecified atom stereocenters. The summed E-state index contributed by atoms with van der Waals surface area (Å²) in [6.45, 7) is 5.74. The zero-order valence-electron chi connectivity index (χ0n) is 16.8. The Morgan fingerprint density at radius 3 is 2.62 bits per heavy atom. The minimum Gasteiger partial charge on any atom is -0.444 e. The summed E-state index contributed by atoms with van der Waals surface area (Å²) in [6, 6.07) is 5.53. The van der Waals surface area contributed by atoms with Crippen molar-refractivity contribution < 1.29 is 19.1 Å². The Hall–Kier alpha value is -2.77. The molecule has 0 heterocycles. The number of carbonyl (C=O) groups excluding carboxylic acids is 3. The first-order chi connectivity index (χ1) is 13.7. The minimum atomic E-state index is -0.733. The second-order valence-electron chi connectivity index (χ2n) is 7.30. The van der Waals surface area contributed by atoms with Gasteiger partial charge in [-0.15, -0.1) is 11.6 Å². The number of nitrogens with zero attached hydrogens (tertiary/aromatic N) is 2. The summed E-state index contributed by atoms with van der Waals surface area (Å²) in [6.07, 6.45) is 1.10. The molecule has 9 nitrogen and oxygen atoms in total. The maximum absolute atomic E-state index is 12.4. The molecule has 10 heteroatoms. The number of alkyl carbamates (subject to hydrolysis) is 1. The molecule has 0 aliphatic rings. The summed E-state index contributed by atoms with van der Waals surface area (Å²) in [4.78, 5) is 39.1. The van der Waals surface area contributed by atoms with E-state index in [1.54, 1.807) is 39.0 Å². The molecule has 158 valence electrons. The monoisotopic (exact) mass is 424 g/mol. The van der Waals surface area contributed by atoms with Gasteiger partial charge >= 0.3 is 6.09 Å². The average Bonchev–Trinajstić information content (AvgIpc) is 2.65. The van der Waals surface area contributed by atoms with Crippen molar-refractivity contribution in [2.75, 3.05) is 12.4 Å². The molecular formula is C19H27ClN5O4+. The highest BCUT2D eigenvalue weighted by atomic mass is 35.5. The Balaban J connectivity index is 2.55. The molecule has 0 aliphatic heterocycles. The summed E-state index contributed by atoms with van der Waals surface area (Å²) in [5.41, 5.74) is 6.85. The predicted molar refractivity (Wildman–Crippen MR) is 108 cm³/mol. The standard InChI is InChI=1S/C19H26ClN5O4/c1-19(2,3)29-18(28)22-10-5-4-9-15(16(26)12-20)23-17(27)13-7-6-8-14(11-13)24-25-21/h6-8,11,15,21H,4-5,9-10,12H2,1-3H3,(H-,22,23,27,28)/p+1/t15-/m1/s1. The highest BCUT2D eigenvalue weighted by molar-refractivity contribution is 6.28. The largest absolute Gasteiger partial charge is 0.444 e. The molecule has 0 aliphatic carbocycles. The van der Waals surface area contributed by atoms with Crippen LogP contribution >= 0.6 is 11.6 Å². The van der Waals surface area contributed by atoms with Crippen molar-refractivity contribution in [3.8, 4) is 0 Å². The number of hydrogen-bond acceptors (Lipinski definition) is 6. The van der Waals surface area contributed by atoms with Crippen LogP contribution in [0.25, 0.3) is 0 Å². The van der Waals surface area contributed by atoms with Gasteiger partial charge in [0.25, 0.3) is 5.91 Å². The summed E-state index contributed by atoms with van der Waals surface area (Å²) in [5.74, 6) is -0.946. The van der Waals surface area contributed by atoms with E-state index < -0.39 is 23.6 Å². The second kappa shape index (κ2) is 11.9. The number of ketones is 1. The molecule has 0 saturated carbocycles. The van der Waals surface area contributed by atoms with Crippen LogP contribution < -0.4 is 15.5 Å². The quantitative estimate of drug-likeness (QED) is 0.229. The van der Waals surface area contributed by atoms with E-state index in [1.807, 2.05) is 0 Å². The second-order valence-corrected chi connectivity index (χ2v) is 7.57. The molecule has 3 N–H and O–H groups in total. The molecule has 0 spiro atoms. The van der Waals surface area contributed by atoms with Gasteiger partial charge in [0.05, 0.1) is 11.9 Å². The van der Waals surface area contributed by atoms with Crippen molar-refractivity contribution in [2.45, 2.75) is 51.7 Å². The Morgan fingerprint density at radius 2 is 2.00 bits per heavy atom. The molecule has 0 saturated heterocycles. The van der Waals surface area contributed by atoms with E-state index in [0.29, 0.717) is 37.1 Å². The Morgan fingerprint density at radius 1 is 1.28 bits per heavy atom. The number of halogens is 1. The van der Waals surface area contributed by atoms with Crippen LogP contribution in [0.2, 0.25) is 0 Å². The molecular weight excluding hydrogens is 398 g/mol. The van der Waals surface area contributed by atoms with Gasteiger partial charge in [-0.25, -0.2) is 4.79 Å². The fraction of sp³-hybridized carbons (Fsp3) is 0.526. The molecule has 29 heavy (non-hydrogen) atoms. The third-order valence-corrected chi connectivity index (χ3v) is 3.95. The van der Waals surface area contributed by atoms with E-state index in [1.165, 1.54) is 6.07 Å². The Labute approximate surface area is 174 Å². The van der Waals surface area contributed by atoms with Crippen molar-refractivity contribution >= 4 is 35.1 Å². The van der Waals surface area contributed by atoms with Crippen molar-refractivity contribution in [3.63, 3.8) is 0 Å². The van der Waals surface area contributed by atoms with Gasteiger partial charge in [-0.2, -0.15) is 0 Å². The van der Waals surface area contributed by atoms with Gasteiger partial charge in [0.1, 0.15) is 11.1 Å². The number of hydrogen-bond donors (Lipinski definition) is 3. The first-order valence-corrected chi connectivity index (χ1v) is 9.73. The number of rotatable bonds is 10. The summed E-state index contributed by atoms with van der Waals surface area (Å²) >= 11 is 5.66. The number of benzene rings is 1. The lowest BCUT2D eigenvalue weighted by molar-refractivity contribution is -0.118. The van der Waals surface area contributed by atoms with E-state index in [-0.39, 0.29) is 11.7 Å². The SMILES string of the molecule is CC(C)(C)OC(=O)NCCCC[C@@H](NC(=O)c1cccc(N=[N+]=N)c1)C(=O)CCl. The van der Waals surface area contributed by atoms with Gasteiger partial charge in [-0.1, -0.05) is 6.07 Å². The van der Waals surface area contributed by atoms with Crippen LogP contribution in [0.15, 0.2) is 29.4 Å². The van der Waals surface area contributed by atoms with Crippen LogP contribution in [-0.2, 0) is 9.53 Å². The molecule has 0 fully saturated rings. The fourth-order valence-corrected chi connectivity index (χ4v) is 2.58. The number of alkyl halides is 1. The normalized spacial score (nSPS) is 11.7. The number of nitrogens with one attached hydrogen (secondary N) is 3. The van der Waals surface area contributed by atoms with E-state index in [4.69, 9.17) is 21.9 Å². The molecule has 2 amide bonds. The number of carbonyl (C=O) groups is 3. The summed E-state index contributed by atoms with van der Waals surface area (Å²) < 4.78 is 5.14. The summed E-state index contributed by atoms with van der Waals surface area (Å²) in [5, 5.41) is 8.89. The highest BCUT2D eigenvalue weighted by Crippen LogP contribution is 2.14. The average molecular weight is 425 g/mol. The zero-order chi connectivity index (χ0) is 21.9. The maximum Gasteiger partial charge on any atom is 0.407 e. The molecule has 1 atom stereocenters.